The Morgan fingerprint density at radius 2 is 1.90 bits per heavy atom. The molecule has 0 radical (unpaired) electrons. The first kappa shape index (κ1) is 14.1. The molecule has 0 aliphatic carbocycles. The van der Waals surface area contributed by atoms with E-state index in [1.807, 2.05) is 0 Å². The number of nitrogens with one attached hydrogen (secondary N) is 1. The summed E-state index contributed by atoms with van der Waals surface area (Å²) in [5.41, 5.74) is 5.95. The van der Waals surface area contributed by atoms with Gasteiger partial charge in [-0.05, 0) is 12.1 Å². The molecule has 0 aromatic heterocycles. The van der Waals surface area contributed by atoms with E-state index in [9.17, 15) is 18.3 Å². The average molecular weight is 296 g/mol. The number of phenols is 1. The summed E-state index contributed by atoms with van der Waals surface area (Å²) < 4.78 is 31.4. The third-order valence-electron chi connectivity index (χ3n) is 2.72. The van der Waals surface area contributed by atoms with Crippen molar-refractivity contribution in [2.75, 3.05) is 11.1 Å². The molecule has 0 aliphatic rings. The Morgan fingerprint density at radius 1 is 1.25 bits per heavy atom. The quantitative estimate of drug-likeness (QED) is 0.376. The van der Waals surface area contributed by atoms with Crippen molar-refractivity contribution < 1.29 is 22.9 Å². The molecule has 0 unspecified atom stereocenters. The zero-order valence-electron chi connectivity index (χ0n) is 10.4. The maximum atomic E-state index is 11.2. The summed E-state index contributed by atoms with van der Waals surface area (Å²) in [6.07, 6.45) is 0. The summed E-state index contributed by atoms with van der Waals surface area (Å²) in [5, 5.41) is 12.9. The molecule has 2 aromatic carbocycles. The summed E-state index contributed by atoms with van der Waals surface area (Å²) in [6, 6.07) is 5.28. The van der Waals surface area contributed by atoms with Gasteiger partial charge in [-0.1, -0.05) is 6.07 Å². The van der Waals surface area contributed by atoms with Crippen LogP contribution in [0.25, 0.3) is 10.8 Å². The van der Waals surface area contributed by atoms with E-state index in [-0.39, 0.29) is 28.1 Å². The van der Waals surface area contributed by atoms with E-state index in [2.05, 4.69) is 5.32 Å². The van der Waals surface area contributed by atoms with Gasteiger partial charge in [-0.25, -0.2) is 0 Å². The Kier molecular flexibility index (Phi) is 3.28. The Labute approximate surface area is 114 Å². The number of nitrogens with two attached hydrogens (primary N) is 1. The van der Waals surface area contributed by atoms with Crippen LogP contribution in [0.1, 0.15) is 6.92 Å². The lowest BCUT2D eigenvalue weighted by molar-refractivity contribution is -0.114. The lowest BCUT2D eigenvalue weighted by atomic mass is 10.1. The fourth-order valence-electron chi connectivity index (χ4n) is 1.90. The second-order valence-corrected chi connectivity index (χ2v) is 5.61. The monoisotopic (exact) mass is 296 g/mol. The number of hydrogen-bond acceptors (Lipinski definition) is 5. The molecule has 2 aromatic rings. The van der Waals surface area contributed by atoms with Crippen LogP contribution in [0.2, 0.25) is 0 Å². The molecule has 106 valence electrons. The van der Waals surface area contributed by atoms with Crippen molar-refractivity contribution in [3.63, 3.8) is 0 Å². The van der Waals surface area contributed by atoms with Crippen molar-refractivity contribution in [1.82, 2.24) is 0 Å². The lowest BCUT2D eigenvalue weighted by Gasteiger charge is -2.10. The number of rotatable bonds is 2. The highest BCUT2D eigenvalue weighted by molar-refractivity contribution is 7.86. The predicted molar refractivity (Wildman–Crippen MR) is 74.1 cm³/mol. The molecule has 5 N–H and O–H groups in total. The molecule has 0 atom stereocenters. The van der Waals surface area contributed by atoms with Gasteiger partial charge in [0.25, 0.3) is 10.1 Å². The topological polar surface area (TPSA) is 130 Å². The molecule has 2 rings (SSSR count). The highest BCUT2D eigenvalue weighted by atomic mass is 32.2. The van der Waals surface area contributed by atoms with Crippen molar-refractivity contribution in [2.45, 2.75) is 11.8 Å². The Balaban J connectivity index is 2.75. The van der Waals surface area contributed by atoms with Crippen molar-refractivity contribution >= 4 is 38.2 Å². The molecule has 7 nitrogen and oxygen atoms in total. The summed E-state index contributed by atoms with van der Waals surface area (Å²) in [6.45, 7) is 1.33. The van der Waals surface area contributed by atoms with E-state index in [0.29, 0.717) is 5.69 Å². The maximum absolute atomic E-state index is 11.2. The predicted octanol–water partition coefficient (Wildman–Crippen LogP) is 1.33. The number of fused-ring (bicyclic) bond motifs is 1. The molecule has 0 fully saturated rings. The third kappa shape index (κ3) is 2.51. The van der Waals surface area contributed by atoms with Crippen LogP contribution in [-0.4, -0.2) is 24.0 Å². The number of aromatic hydroxyl groups is 1. The van der Waals surface area contributed by atoms with Gasteiger partial charge in [-0.15, -0.1) is 0 Å². The normalized spacial score (nSPS) is 11.5. The highest BCUT2D eigenvalue weighted by Crippen LogP contribution is 2.36. The van der Waals surface area contributed by atoms with E-state index in [0.717, 1.165) is 6.07 Å². The van der Waals surface area contributed by atoms with Crippen molar-refractivity contribution in [1.29, 1.82) is 0 Å². The molecule has 0 saturated heterocycles. The van der Waals surface area contributed by atoms with E-state index in [1.165, 1.54) is 25.1 Å². The molecule has 20 heavy (non-hydrogen) atoms. The van der Waals surface area contributed by atoms with E-state index in [1.54, 1.807) is 0 Å². The van der Waals surface area contributed by atoms with Crippen LogP contribution in [0.3, 0.4) is 0 Å². The van der Waals surface area contributed by atoms with E-state index in [4.69, 9.17) is 10.3 Å². The molecular formula is C12H12N2O5S. The van der Waals surface area contributed by atoms with E-state index < -0.39 is 15.0 Å². The van der Waals surface area contributed by atoms with Gasteiger partial charge in [-0.3, -0.25) is 9.35 Å². The summed E-state index contributed by atoms with van der Waals surface area (Å²) in [5.74, 6) is -0.652. The number of phenolic OH excluding ortho intramolecular Hbond substituents is 1. The average Bonchev–Trinajstić information content (AvgIpc) is 2.31. The standard InChI is InChI=1S/C12H12N2O5S/c1-6(15)14-7-2-3-8-9(4-7)10(16)5-11(12(8)13)20(17,18)19/h2-5,16H,13H2,1H3,(H,14,15)(H,17,18,19). The van der Waals surface area contributed by atoms with Gasteiger partial charge in [0.1, 0.15) is 10.6 Å². The number of benzene rings is 2. The van der Waals surface area contributed by atoms with Crippen LogP contribution in [0.15, 0.2) is 29.2 Å². The third-order valence-corrected chi connectivity index (χ3v) is 3.61. The zero-order valence-corrected chi connectivity index (χ0v) is 11.2. The van der Waals surface area contributed by atoms with Crippen LogP contribution >= 0.6 is 0 Å². The Morgan fingerprint density at radius 3 is 2.45 bits per heavy atom. The molecular weight excluding hydrogens is 284 g/mol. The van der Waals surface area contributed by atoms with E-state index >= 15 is 0 Å². The second-order valence-electron chi connectivity index (χ2n) is 4.22. The highest BCUT2D eigenvalue weighted by Gasteiger charge is 2.19. The molecule has 8 heteroatoms. The molecule has 0 bridgehead atoms. The van der Waals surface area contributed by atoms with Crippen LogP contribution in [0.4, 0.5) is 11.4 Å². The fraction of sp³-hybridized carbons (Fsp3) is 0.0833. The first-order chi connectivity index (χ1) is 9.20. The van der Waals surface area contributed by atoms with Crippen LogP contribution in [0.5, 0.6) is 5.75 Å². The van der Waals surface area contributed by atoms with Crippen molar-refractivity contribution in [3.05, 3.63) is 24.3 Å². The molecule has 0 aliphatic heterocycles. The van der Waals surface area contributed by atoms with Gasteiger partial charge in [0, 0.05) is 29.4 Å². The lowest BCUT2D eigenvalue weighted by Crippen LogP contribution is -2.06. The summed E-state index contributed by atoms with van der Waals surface area (Å²) in [7, 11) is -4.53. The number of hydrogen-bond donors (Lipinski definition) is 4. The van der Waals surface area contributed by atoms with Gasteiger partial charge in [-0.2, -0.15) is 8.42 Å². The fourth-order valence-corrected chi connectivity index (χ4v) is 2.55. The minimum absolute atomic E-state index is 0.172. The number of nitrogen functional groups attached to an aromatic ring is 1. The summed E-state index contributed by atoms with van der Waals surface area (Å²) >= 11 is 0. The zero-order chi connectivity index (χ0) is 15.1. The van der Waals surface area contributed by atoms with Gasteiger partial charge in [0.05, 0.1) is 5.69 Å². The first-order valence-electron chi connectivity index (χ1n) is 5.50. The first-order valence-corrected chi connectivity index (χ1v) is 6.94. The van der Waals surface area contributed by atoms with Crippen LogP contribution < -0.4 is 11.1 Å². The summed E-state index contributed by atoms with van der Waals surface area (Å²) in [4.78, 5) is 10.4. The number of carbonyl (C=O) groups excluding carboxylic acids is 1. The van der Waals surface area contributed by atoms with Crippen molar-refractivity contribution in [3.8, 4) is 5.75 Å². The largest absolute Gasteiger partial charge is 0.507 e. The second kappa shape index (κ2) is 4.66. The smallest absolute Gasteiger partial charge is 0.296 e. The van der Waals surface area contributed by atoms with Gasteiger partial charge in [0.2, 0.25) is 5.91 Å². The number of carbonyl (C=O) groups is 1. The molecule has 0 heterocycles. The molecule has 0 spiro atoms. The van der Waals surface area contributed by atoms with Gasteiger partial charge >= 0.3 is 0 Å². The Bertz CT molecular complexity index is 814. The maximum Gasteiger partial charge on any atom is 0.296 e. The van der Waals surface area contributed by atoms with Crippen molar-refractivity contribution in [2.24, 2.45) is 0 Å². The van der Waals surface area contributed by atoms with Gasteiger partial charge in [0.15, 0.2) is 0 Å². The van der Waals surface area contributed by atoms with Crippen LogP contribution in [-0.2, 0) is 14.9 Å². The minimum atomic E-state index is -4.53. The Hall–Kier alpha value is -2.32. The minimum Gasteiger partial charge on any atom is -0.507 e. The van der Waals surface area contributed by atoms with Gasteiger partial charge < -0.3 is 16.2 Å². The number of amides is 1. The number of anilines is 2. The molecule has 1 amide bonds. The molecule has 0 saturated carbocycles. The SMILES string of the molecule is CC(=O)Nc1ccc2c(N)c(S(=O)(=O)O)cc(O)c2c1. The van der Waals surface area contributed by atoms with Crippen LogP contribution in [0, 0.1) is 0 Å².